The van der Waals surface area contributed by atoms with E-state index in [4.69, 9.17) is 0 Å². The number of rotatable bonds is 4. The highest BCUT2D eigenvalue weighted by atomic mass is 19.1. The van der Waals surface area contributed by atoms with Gasteiger partial charge in [-0.2, -0.15) is 0 Å². The number of para-hydroxylation sites is 1. The number of aromatic nitrogens is 1. The van der Waals surface area contributed by atoms with Crippen LogP contribution in [-0.2, 0) is 11.3 Å². The first-order valence-electron chi connectivity index (χ1n) is 7.45. The van der Waals surface area contributed by atoms with Crippen molar-refractivity contribution in [1.82, 2.24) is 10.3 Å². The van der Waals surface area contributed by atoms with Crippen LogP contribution in [0.3, 0.4) is 0 Å². The first-order chi connectivity index (χ1) is 11.6. The molecule has 2 N–H and O–H groups in total. The molecule has 0 radical (unpaired) electrons. The second-order valence-electron chi connectivity index (χ2n) is 5.28. The summed E-state index contributed by atoms with van der Waals surface area (Å²) in [6.07, 6.45) is 2.71. The normalized spacial score (nSPS) is 11.0. The molecule has 3 aromatic rings. The molecule has 1 amide bonds. The van der Waals surface area contributed by atoms with Crippen molar-refractivity contribution in [3.8, 4) is 0 Å². The lowest BCUT2D eigenvalue weighted by Crippen LogP contribution is -2.21. The van der Waals surface area contributed by atoms with Crippen molar-refractivity contribution in [2.45, 2.75) is 6.54 Å². The third kappa shape index (κ3) is 3.57. The number of amides is 1. The predicted molar refractivity (Wildman–Crippen MR) is 91.8 cm³/mol. The average Bonchev–Trinajstić information content (AvgIpc) is 2.59. The first-order valence-corrected chi connectivity index (χ1v) is 7.45. The molecule has 24 heavy (non-hydrogen) atoms. The molecule has 0 aliphatic heterocycles. The molecule has 0 unspecified atom stereocenters. The highest BCUT2D eigenvalue weighted by Crippen LogP contribution is 2.11. The number of carbonyl (C=O) groups excluding carboxylic acids is 1. The number of hydrogen-bond donors (Lipinski definition) is 2. The van der Waals surface area contributed by atoms with E-state index >= 15 is 0 Å². The molecule has 120 valence electrons. The maximum atomic E-state index is 13.5. The van der Waals surface area contributed by atoms with E-state index in [1.165, 1.54) is 18.2 Å². The van der Waals surface area contributed by atoms with Gasteiger partial charge in [-0.1, -0.05) is 36.4 Å². The van der Waals surface area contributed by atoms with Crippen LogP contribution in [0.5, 0.6) is 0 Å². The van der Waals surface area contributed by atoms with Gasteiger partial charge in [-0.25, -0.2) is 4.39 Å². The summed E-state index contributed by atoms with van der Waals surface area (Å²) in [5.74, 6) is -0.765. The largest absolute Gasteiger partial charge is 0.348 e. The summed E-state index contributed by atoms with van der Waals surface area (Å²) >= 11 is 0. The summed E-state index contributed by atoms with van der Waals surface area (Å²) in [7, 11) is 0. The summed E-state index contributed by atoms with van der Waals surface area (Å²) in [4.78, 5) is 26.6. The van der Waals surface area contributed by atoms with E-state index in [2.05, 4.69) is 10.3 Å². The van der Waals surface area contributed by atoms with Crippen LogP contribution < -0.4 is 10.9 Å². The fourth-order valence-corrected chi connectivity index (χ4v) is 2.34. The molecule has 2 aromatic carbocycles. The lowest BCUT2D eigenvalue weighted by atomic mass is 10.1. The van der Waals surface area contributed by atoms with E-state index in [0.717, 1.165) is 10.9 Å². The van der Waals surface area contributed by atoms with Crippen LogP contribution in [0.25, 0.3) is 17.0 Å². The minimum absolute atomic E-state index is 0.0872. The standard InChI is InChI=1S/C19H15FN2O2/c20-16-7-3-1-6-15(16)12-21-18(23)10-9-14-11-13-5-2-4-8-17(13)22-19(14)24/h1-11H,12H2,(H,21,23)(H,22,24)/b10-9+. The summed E-state index contributed by atoms with van der Waals surface area (Å²) in [5, 5.41) is 3.47. The minimum atomic E-state index is -0.397. The van der Waals surface area contributed by atoms with Gasteiger partial charge in [0.15, 0.2) is 0 Å². The van der Waals surface area contributed by atoms with Gasteiger partial charge in [0.2, 0.25) is 5.91 Å². The summed E-state index contributed by atoms with van der Waals surface area (Å²) < 4.78 is 13.5. The van der Waals surface area contributed by atoms with Crippen LogP contribution in [0.2, 0.25) is 0 Å². The Morgan fingerprint density at radius 2 is 1.88 bits per heavy atom. The summed E-state index contributed by atoms with van der Waals surface area (Å²) in [6, 6.07) is 15.3. The highest BCUT2D eigenvalue weighted by Gasteiger charge is 2.03. The Kier molecular flexibility index (Phi) is 4.52. The van der Waals surface area contributed by atoms with Gasteiger partial charge in [0, 0.05) is 29.3 Å². The smallest absolute Gasteiger partial charge is 0.255 e. The Hall–Kier alpha value is -3.21. The maximum absolute atomic E-state index is 13.5. The quantitative estimate of drug-likeness (QED) is 0.725. The molecule has 0 saturated carbocycles. The fraction of sp³-hybridized carbons (Fsp3) is 0.0526. The summed E-state index contributed by atoms with van der Waals surface area (Å²) in [5.41, 5.74) is 1.26. The van der Waals surface area contributed by atoms with E-state index in [1.807, 2.05) is 24.3 Å². The van der Waals surface area contributed by atoms with Crippen LogP contribution in [0.4, 0.5) is 4.39 Å². The molecule has 5 heteroatoms. The van der Waals surface area contributed by atoms with Crippen LogP contribution in [0.15, 0.2) is 65.5 Å². The lowest BCUT2D eigenvalue weighted by molar-refractivity contribution is -0.116. The Balaban J connectivity index is 1.71. The maximum Gasteiger partial charge on any atom is 0.255 e. The average molecular weight is 322 g/mol. The van der Waals surface area contributed by atoms with Crippen molar-refractivity contribution in [3.05, 3.63) is 88.0 Å². The zero-order valence-corrected chi connectivity index (χ0v) is 12.8. The number of fused-ring (bicyclic) bond motifs is 1. The molecule has 0 fully saturated rings. The van der Waals surface area contributed by atoms with Crippen molar-refractivity contribution in [2.24, 2.45) is 0 Å². The number of hydrogen-bond acceptors (Lipinski definition) is 2. The molecule has 1 heterocycles. The second-order valence-corrected chi connectivity index (χ2v) is 5.28. The molecule has 4 nitrogen and oxygen atoms in total. The molecule has 0 aliphatic carbocycles. The van der Waals surface area contributed by atoms with Crippen molar-refractivity contribution in [2.75, 3.05) is 0 Å². The molecular formula is C19H15FN2O2. The first kappa shape index (κ1) is 15.7. The number of aromatic amines is 1. The molecule has 0 bridgehead atoms. The SMILES string of the molecule is O=C(/C=C/c1cc2ccccc2[nH]c1=O)NCc1ccccc1F. The topological polar surface area (TPSA) is 62.0 Å². The zero-order valence-electron chi connectivity index (χ0n) is 12.8. The van der Waals surface area contributed by atoms with Gasteiger partial charge in [-0.3, -0.25) is 9.59 Å². The van der Waals surface area contributed by atoms with Crippen LogP contribution in [0, 0.1) is 5.82 Å². The molecule has 0 atom stereocenters. The molecule has 0 spiro atoms. The van der Waals surface area contributed by atoms with Gasteiger partial charge in [0.25, 0.3) is 5.56 Å². The Morgan fingerprint density at radius 3 is 2.71 bits per heavy atom. The number of pyridine rings is 1. The Labute approximate surface area is 137 Å². The van der Waals surface area contributed by atoms with E-state index < -0.39 is 5.91 Å². The zero-order chi connectivity index (χ0) is 16.9. The van der Waals surface area contributed by atoms with Gasteiger partial charge in [-0.05, 0) is 29.7 Å². The molecule has 0 aliphatic rings. The number of halogens is 1. The predicted octanol–water partition coefficient (Wildman–Crippen LogP) is 3.00. The van der Waals surface area contributed by atoms with E-state index in [0.29, 0.717) is 11.1 Å². The number of benzene rings is 2. The summed E-state index contributed by atoms with van der Waals surface area (Å²) in [6.45, 7) is 0.0872. The van der Waals surface area contributed by atoms with Crippen LogP contribution >= 0.6 is 0 Å². The molecule has 0 saturated heterocycles. The second kappa shape index (κ2) is 6.91. The highest BCUT2D eigenvalue weighted by molar-refractivity contribution is 5.92. The van der Waals surface area contributed by atoms with Crippen molar-refractivity contribution in [3.63, 3.8) is 0 Å². The monoisotopic (exact) mass is 322 g/mol. The lowest BCUT2D eigenvalue weighted by Gasteiger charge is -2.03. The molecule has 1 aromatic heterocycles. The molecule has 3 rings (SSSR count). The van der Waals surface area contributed by atoms with Crippen molar-refractivity contribution >= 4 is 22.9 Å². The number of nitrogens with one attached hydrogen (secondary N) is 2. The van der Waals surface area contributed by atoms with E-state index in [1.54, 1.807) is 24.3 Å². The third-order valence-electron chi connectivity index (χ3n) is 3.61. The van der Waals surface area contributed by atoms with Gasteiger partial charge >= 0.3 is 0 Å². The van der Waals surface area contributed by atoms with E-state index in [9.17, 15) is 14.0 Å². The number of carbonyl (C=O) groups is 1. The van der Waals surface area contributed by atoms with Gasteiger partial charge in [0.1, 0.15) is 5.82 Å². The van der Waals surface area contributed by atoms with Gasteiger partial charge in [0.05, 0.1) is 0 Å². The third-order valence-corrected chi connectivity index (χ3v) is 3.61. The Bertz CT molecular complexity index is 976. The van der Waals surface area contributed by atoms with Crippen LogP contribution in [0.1, 0.15) is 11.1 Å². The van der Waals surface area contributed by atoms with Crippen molar-refractivity contribution < 1.29 is 9.18 Å². The van der Waals surface area contributed by atoms with Gasteiger partial charge < -0.3 is 10.3 Å². The van der Waals surface area contributed by atoms with Crippen molar-refractivity contribution in [1.29, 1.82) is 0 Å². The minimum Gasteiger partial charge on any atom is -0.348 e. The number of H-pyrrole nitrogens is 1. The van der Waals surface area contributed by atoms with Crippen LogP contribution in [-0.4, -0.2) is 10.9 Å². The van der Waals surface area contributed by atoms with E-state index in [-0.39, 0.29) is 17.9 Å². The Morgan fingerprint density at radius 1 is 1.12 bits per heavy atom. The fourth-order valence-electron chi connectivity index (χ4n) is 2.34. The molecular weight excluding hydrogens is 307 g/mol. The van der Waals surface area contributed by atoms with Gasteiger partial charge in [-0.15, -0.1) is 0 Å².